The Morgan fingerprint density at radius 2 is 2.06 bits per heavy atom. The Bertz CT molecular complexity index is 646. The number of rotatable bonds is 2. The summed E-state index contributed by atoms with van der Waals surface area (Å²) in [5, 5.41) is 3.48. The van der Waals surface area contributed by atoms with Gasteiger partial charge in [0, 0.05) is 25.4 Å². The van der Waals surface area contributed by atoms with E-state index in [0.717, 1.165) is 12.1 Å². The molecule has 0 aromatic carbocycles. The van der Waals surface area contributed by atoms with Crippen LogP contribution in [0.1, 0.15) is 19.0 Å². The lowest BCUT2D eigenvalue weighted by Crippen LogP contribution is -2.23. The van der Waals surface area contributed by atoms with Crippen LogP contribution in [-0.2, 0) is 13.6 Å². The second kappa shape index (κ2) is 3.66. The molecule has 2 rings (SSSR count). The summed E-state index contributed by atoms with van der Waals surface area (Å²) in [6.45, 7) is 4.47. The van der Waals surface area contributed by atoms with Gasteiger partial charge in [0.1, 0.15) is 0 Å². The van der Waals surface area contributed by atoms with Crippen molar-refractivity contribution in [2.75, 3.05) is 0 Å². The molecule has 1 N–H and O–H groups in total. The molecule has 5 nitrogen and oxygen atoms in total. The quantitative estimate of drug-likeness (QED) is 0.813. The number of nitrogens with one attached hydrogen (secondary N) is 1. The summed E-state index contributed by atoms with van der Waals surface area (Å²) >= 11 is 0. The lowest BCUT2D eigenvalue weighted by Gasteiger charge is -2.07. The Kier molecular flexibility index (Phi) is 2.46. The van der Waals surface area contributed by atoms with Crippen LogP contribution in [0.15, 0.2) is 15.7 Å². The summed E-state index contributed by atoms with van der Waals surface area (Å²) in [6, 6.07) is 1.49. The second-order valence-corrected chi connectivity index (χ2v) is 3.98. The van der Waals surface area contributed by atoms with Gasteiger partial charge in [-0.25, -0.2) is 0 Å². The summed E-state index contributed by atoms with van der Waals surface area (Å²) in [4.78, 5) is 23.6. The Morgan fingerprint density at radius 1 is 1.38 bits per heavy atom. The standard InChI is InChI=1S/C11H15N3O2/c1-4-5-14-7(2)10-8(6-9(14)15)12-13(3)11(10)16/h6,12H,4-5H2,1-3H3. The zero-order valence-electron chi connectivity index (χ0n) is 9.70. The Labute approximate surface area is 92.3 Å². The minimum Gasteiger partial charge on any atom is -0.312 e. The van der Waals surface area contributed by atoms with Gasteiger partial charge in [-0.05, 0) is 13.3 Å². The van der Waals surface area contributed by atoms with Crippen molar-refractivity contribution in [3.8, 4) is 0 Å². The highest BCUT2D eigenvalue weighted by Gasteiger charge is 2.11. The van der Waals surface area contributed by atoms with Gasteiger partial charge in [0.25, 0.3) is 11.1 Å². The van der Waals surface area contributed by atoms with Crippen molar-refractivity contribution in [3.05, 3.63) is 32.5 Å². The maximum absolute atomic E-state index is 11.8. The molecule has 0 bridgehead atoms. The van der Waals surface area contributed by atoms with E-state index in [-0.39, 0.29) is 11.1 Å². The summed E-state index contributed by atoms with van der Waals surface area (Å²) in [5.74, 6) is 0. The molecular formula is C11H15N3O2. The number of fused-ring (bicyclic) bond motifs is 1. The molecule has 86 valence electrons. The van der Waals surface area contributed by atoms with E-state index in [1.165, 1.54) is 10.7 Å². The van der Waals surface area contributed by atoms with Crippen LogP contribution in [0.5, 0.6) is 0 Å². The number of nitrogens with zero attached hydrogens (tertiary/aromatic N) is 2. The number of aryl methyl sites for hydroxylation is 2. The molecule has 0 fully saturated rings. The third-order valence-electron chi connectivity index (χ3n) is 2.82. The molecule has 0 radical (unpaired) electrons. The van der Waals surface area contributed by atoms with Gasteiger partial charge >= 0.3 is 0 Å². The van der Waals surface area contributed by atoms with Gasteiger partial charge in [0.15, 0.2) is 0 Å². The second-order valence-electron chi connectivity index (χ2n) is 3.98. The molecular weight excluding hydrogens is 206 g/mol. The van der Waals surface area contributed by atoms with Crippen molar-refractivity contribution in [2.45, 2.75) is 26.8 Å². The highest BCUT2D eigenvalue weighted by atomic mass is 16.1. The maximum atomic E-state index is 11.8. The van der Waals surface area contributed by atoms with E-state index in [4.69, 9.17) is 0 Å². The van der Waals surface area contributed by atoms with Gasteiger partial charge in [0.05, 0.1) is 10.9 Å². The highest BCUT2D eigenvalue weighted by Crippen LogP contribution is 2.09. The molecule has 16 heavy (non-hydrogen) atoms. The van der Waals surface area contributed by atoms with Crippen molar-refractivity contribution in [2.24, 2.45) is 7.05 Å². The first-order valence-corrected chi connectivity index (χ1v) is 5.35. The highest BCUT2D eigenvalue weighted by molar-refractivity contribution is 5.79. The summed E-state index contributed by atoms with van der Waals surface area (Å²) in [5.41, 5.74) is 1.21. The van der Waals surface area contributed by atoms with E-state index >= 15 is 0 Å². The van der Waals surface area contributed by atoms with Gasteiger partial charge in [0.2, 0.25) is 0 Å². The molecule has 0 saturated heterocycles. The number of aromatic nitrogens is 3. The topological polar surface area (TPSA) is 59.8 Å². The lowest BCUT2D eigenvalue weighted by molar-refractivity contribution is 0.640. The molecule has 0 saturated carbocycles. The summed E-state index contributed by atoms with van der Waals surface area (Å²) in [7, 11) is 1.65. The fourth-order valence-electron chi connectivity index (χ4n) is 2.03. The van der Waals surface area contributed by atoms with E-state index in [2.05, 4.69) is 5.10 Å². The number of H-pyrrole nitrogens is 1. The van der Waals surface area contributed by atoms with Gasteiger partial charge in [-0.2, -0.15) is 0 Å². The molecule has 0 spiro atoms. The van der Waals surface area contributed by atoms with E-state index in [0.29, 0.717) is 17.4 Å². The van der Waals surface area contributed by atoms with E-state index < -0.39 is 0 Å². The van der Waals surface area contributed by atoms with Gasteiger partial charge in [-0.3, -0.25) is 19.4 Å². The molecule has 0 aliphatic heterocycles. The average Bonchev–Trinajstić information content (AvgIpc) is 2.49. The molecule has 5 heteroatoms. The van der Waals surface area contributed by atoms with Crippen LogP contribution >= 0.6 is 0 Å². The number of hydrogen-bond acceptors (Lipinski definition) is 2. The zero-order chi connectivity index (χ0) is 11.9. The fraction of sp³-hybridized carbons (Fsp3) is 0.455. The Balaban J connectivity index is 2.91. The zero-order valence-corrected chi connectivity index (χ0v) is 9.70. The molecule has 0 unspecified atom stereocenters. The van der Waals surface area contributed by atoms with Crippen molar-refractivity contribution in [1.82, 2.24) is 14.3 Å². The molecule has 0 atom stereocenters. The normalized spacial score (nSPS) is 11.2. The van der Waals surface area contributed by atoms with E-state index in [9.17, 15) is 9.59 Å². The van der Waals surface area contributed by atoms with Crippen LogP contribution < -0.4 is 11.1 Å². The van der Waals surface area contributed by atoms with E-state index in [1.54, 1.807) is 11.6 Å². The third-order valence-corrected chi connectivity index (χ3v) is 2.82. The predicted molar refractivity (Wildman–Crippen MR) is 62.8 cm³/mol. The van der Waals surface area contributed by atoms with Crippen molar-refractivity contribution in [1.29, 1.82) is 0 Å². The molecule has 0 aliphatic rings. The Morgan fingerprint density at radius 3 is 2.69 bits per heavy atom. The maximum Gasteiger partial charge on any atom is 0.275 e. The number of pyridine rings is 1. The van der Waals surface area contributed by atoms with Crippen molar-refractivity contribution in [3.63, 3.8) is 0 Å². The lowest BCUT2D eigenvalue weighted by atomic mass is 10.2. The van der Waals surface area contributed by atoms with Gasteiger partial charge in [-0.15, -0.1) is 0 Å². The van der Waals surface area contributed by atoms with Crippen LogP contribution in [-0.4, -0.2) is 14.3 Å². The minimum atomic E-state index is -0.0858. The van der Waals surface area contributed by atoms with Crippen molar-refractivity contribution >= 4 is 10.9 Å². The largest absolute Gasteiger partial charge is 0.312 e. The first-order chi connectivity index (χ1) is 7.56. The monoisotopic (exact) mass is 221 g/mol. The number of aromatic amines is 1. The van der Waals surface area contributed by atoms with Gasteiger partial charge < -0.3 is 4.57 Å². The van der Waals surface area contributed by atoms with Crippen LogP contribution in [0.4, 0.5) is 0 Å². The van der Waals surface area contributed by atoms with E-state index in [1.807, 2.05) is 13.8 Å². The van der Waals surface area contributed by atoms with Gasteiger partial charge in [-0.1, -0.05) is 6.92 Å². The predicted octanol–water partition coefficient (Wildman–Crippen LogP) is 0.747. The average molecular weight is 221 g/mol. The summed E-state index contributed by atoms with van der Waals surface area (Å²) in [6.07, 6.45) is 0.872. The molecule has 0 amide bonds. The fourth-order valence-corrected chi connectivity index (χ4v) is 2.03. The minimum absolute atomic E-state index is 0.0614. The molecule has 2 aromatic rings. The van der Waals surface area contributed by atoms with Crippen LogP contribution in [0.2, 0.25) is 0 Å². The first kappa shape index (κ1) is 10.7. The molecule has 2 aromatic heterocycles. The molecule has 2 heterocycles. The van der Waals surface area contributed by atoms with Crippen molar-refractivity contribution < 1.29 is 0 Å². The molecule has 0 aliphatic carbocycles. The first-order valence-electron chi connectivity index (χ1n) is 5.35. The smallest absolute Gasteiger partial charge is 0.275 e. The Hall–Kier alpha value is -1.78. The number of hydrogen-bond donors (Lipinski definition) is 1. The summed E-state index contributed by atoms with van der Waals surface area (Å²) < 4.78 is 3.05. The SMILES string of the molecule is CCCn1c(C)c2c(=O)n(C)[nH]c2cc1=O. The third kappa shape index (κ3) is 1.39. The van der Waals surface area contributed by atoms with Crippen LogP contribution in [0, 0.1) is 6.92 Å². The van der Waals surface area contributed by atoms with Crippen LogP contribution in [0.3, 0.4) is 0 Å². The van der Waals surface area contributed by atoms with Crippen LogP contribution in [0.25, 0.3) is 10.9 Å².